The molecular weight excluding hydrogens is 204 g/mol. The molecule has 2 aromatic rings. The van der Waals surface area contributed by atoms with E-state index in [0.717, 1.165) is 17.1 Å². The number of aryl methyl sites for hydroxylation is 1. The maximum Gasteiger partial charge on any atom is 0.138 e. The van der Waals surface area contributed by atoms with E-state index in [0.29, 0.717) is 5.75 Å². The molecule has 0 N–H and O–H groups in total. The first-order chi connectivity index (χ1) is 7.29. The smallest absolute Gasteiger partial charge is 0.138 e. The van der Waals surface area contributed by atoms with E-state index < -0.39 is 0 Å². The van der Waals surface area contributed by atoms with Gasteiger partial charge in [-0.05, 0) is 19.1 Å². The molecule has 0 unspecified atom stereocenters. The molecule has 2 rings (SSSR count). The molecule has 15 heavy (non-hydrogen) atoms. The van der Waals surface area contributed by atoms with Gasteiger partial charge < -0.3 is 0 Å². The van der Waals surface area contributed by atoms with Gasteiger partial charge in [-0.3, -0.25) is 0 Å². The normalized spacial score (nSPS) is 10.3. The summed E-state index contributed by atoms with van der Waals surface area (Å²) < 4.78 is 0. The van der Waals surface area contributed by atoms with Crippen molar-refractivity contribution < 1.29 is 0 Å². The van der Waals surface area contributed by atoms with E-state index >= 15 is 0 Å². The maximum absolute atomic E-state index is 4.42. The summed E-state index contributed by atoms with van der Waals surface area (Å²) in [5.41, 5.74) is 3.32. The van der Waals surface area contributed by atoms with Crippen molar-refractivity contribution in [3.8, 4) is 11.3 Å². The molecule has 0 spiro atoms. The Morgan fingerprint density at radius 3 is 2.87 bits per heavy atom. The highest BCUT2D eigenvalue weighted by molar-refractivity contribution is 7.79. The van der Waals surface area contributed by atoms with Gasteiger partial charge in [-0.1, -0.05) is 23.8 Å². The van der Waals surface area contributed by atoms with E-state index in [9.17, 15) is 0 Å². The standard InChI is InChI=1S/C12H12N2S/c1-9-3-2-4-10(7-9)11-5-6-13-12(8-15)14-11/h2-7,15H,8H2,1H3. The third-order valence-electron chi connectivity index (χ3n) is 2.16. The molecule has 0 fully saturated rings. The quantitative estimate of drug-likeness (QED) is 0.781. The van der Waals surface area contributed by atoms with Crippen molar-refractivity contribution in [2.75, 3.05) is 0 Å². The molecule has 0 aliphatic heterocycles. The van der Waals surface area contributed by atoms with Crippen LogP contribution in [0.4, 0.5) is 0 Å². The van der Waals surface area contributed by atoms with Crippen molar-refractivity contribution in [1.82, 2.24) is 9.97 Å². The Bertz CT molecular complexity index is 469. The van der Waals surface area contributed by atoms with Crippen LogP contribution in [0.2, 0.25) is 0 Å². The molecule has 76 valence electrons. The SMILES string of the molecule is Cc1cccc(-c2ccnc(CS)n2)c1. The molecule has 0 radical (unpaired) electrons. The van der Waals surface area contributed by atoms with E-state index in [2.05, 4.69) is 47.7 Å². The summed E-state index contributed by atoms with van der Waals surface area (Å²) in [6, 6.07) is 10.2. The largest absolute Gasteiger partial charge is 0.240 e. The van der Waals surface area contributed by atoms with Crippen molar-refractivity contribution in [3.63, 3.8) is 0 Å². The van der Waals surface area contributed by atoms with Crippen LogP contribution >= 0.6 is 12.6 Å². The lowest BCUT2D eigenvalue weighted by atomic mass is 10.1. The lowest BCUT2D eigenvalue weighted by Crippen LogP contribution is -1.92. The third kappa shape index (κ3) is 2.36. The van der Waals surface area contributed by atoms with Crippen LogP contribution in [0.3, 0.4) is 0 Å². The number of hydrogen-bond acceptors (Lipinski definition) is 3. The van der Waals surface area contributed by atoms with Gasteiger partial charge in [-0.2, -0.15) is 12.6 Å². The van der Waals surface area contributed by atoms with Crippen LogP contribution in [0.1, 0.15) is 11.4 Å². The minimum atomic E-state index is 0.569. The molecule has 2 nitrogen and oxygen atoms in total. The Morgan fingerprint density at radius 1 is 1.27 bits per heavy atom. The fourth-order valence-electron chi connectivity index (χ4n) is 1.44. The maximum atomic E-state index is 4.42. The zero-order chi connectivity index (χ0) is 10.7. The Kier molecular flexibility index (Phi) is 3.02. The minimum absolute atomic E-state index is 0.569. The van der Waals surface area contributed by atoms with Gasteiger partial charge in [-0.25, -0.2) is 9.97 Å². The van der Waals surface area contributed by atoms with Gasteiger partial charge in [0.05, 0.1) is 11.4 Å². The first kappa shape index (κ1) is 10.2. The predicted octanol–water partition coefficient (Wildman–Crippen LogP) is 2.88. The molecule has 1 aromatic heterocycles. The van der Waals surface area contributed by atoms with Gasteiger partial charge in [0.15, 0.2) is 0 Å². The number of thiol groups is 1. The first-order valence-corrected chi connectivity index (χ1v) is 5.42. The van der Waals surface area contributed by atoms with Gasteiger partial charge >= 0.3 is 0 Å². The molecular formula is C12H12N2S. The molecule has 1 aromatic carbocycles. The number of rotatable bonds is 2. The first-order valence-electron chi connectivity index (χ1n) is 4.79. The minimum Gasteiger partial charge on any atom is -0.240 e. The molecule has 0 bridgehead atoms. The number of hydrogen-bond donors (Lipinski definition) is 1. The van der Waals surface area contributed by atoms with E-state index in [1.165, 1.54) is 5.56 Å². The average molecular weight is 216 g/mol. The van der Waals surface area contributed by atoms with Crippen molar-refractivity contribution in [2.45, 2.75) is 12.7 Å². The lowest BCUT2D eigenvalue weighted by Gasteiger charge is -2.03. The summed E-state index contributed by atoms with van der Waals surface area (Å²) in [5.74, 6) is 1.33. The second-order valence-corrected chi connectivity index (χ2v) is 3.70. The molecule has 1 heterocycles. The van der Waals surface area contributed by atoms with Crippen LogP contribution < -0.4 is 0 Å². The monoisotopic (exact) mass is 216 g/mol. The van der Waals surface area contributed by atoms with Crippen LogP contribution in [-0.4, -0.2) is 9.97 Å². The topological polar surface area (TPSA) is 25.8 Å². The lowest BCUT2D eigenvalue weighted by molar-refractivity contribution is 1.04. The van der Waals surface area contributed by atoms with E-state index in [4.69, 9.17) is 0 Å². The average Bonchev–Trinajstić information content (AvgIpc) is 2.29. The summed E-state index contributed by atoms with van der Waals surface area (Å²) in [4.78, 5) is 8.53. The highest BCUT2D eigenvalue weighted by Gasteiger charge is 2.00. The van der Waals surface area contributed by atoms with E-state index in [1.807, 2.05) is 12.1 Å². The van der Waals surface area contributed by atoms with Crippen molar-refractivity contribution in [1.29, 1.82) is 0 Å². The van der Waals surface area contributed by atoms with Gasteiger partial charge in [0, 0.05) is 11.8 Å². The molecule has 0 saturated carbocycles. The molecule has 0 amide bonds. The fourth-order valence-corrected chi connectivity index (χ4v) is 1.59. The highest BCUT2D eigenvalue weighted by atomic mass is 32.1. The van der Waals surface area contributed by atoms with Crippen molar-refractivity contribution >= 4 is 12.6 Å². The van der Waals surface area contributed by atoms with Crippen LogP contribution in [-0.2, 0) is 5.75 Å². The zero-order valence-corrected chi connectivity index (χ0v) is 9.41. The van der Waals surface area contributed by atoms with E-state index in [-0.39, 0.29) is 0 Å². The molecule has 3 heteroatoms. The van der Waals surface area contributed by atoms with Gasteiger partial charge in [0.25, 0.3) is 0 Å². The fraction of sp³-hybridized carbons (Fsp3) is 0.167. The van der Waals surface area contributed by atoms with Crippen molar-refractivity contribution in [3.05, 3.63) is 47.9 Å². The van der Waals surface area contributed by atoms with Gasteiger partial charge in [0.2, 0.25) is 0 Å². The summed E-state index contributed by atoms with van der Waals surface area (Å²) in [6.07, 6.45) is 1.77. The third-order valence-corrected chi connectivity index (χ3v) is 2.44. The predicted molar refractivity (Wildman–Crippen MR) is 64.9 cm³/mol. The Hall–Kier alpha value is -1.35. The summed E-state index contributed by atoms with van der Waals surface area (Å²) in [6.45, 7) is 2.07. The Balaban J connectivity index is 2.44. The molecule has 0 aliphatic rings. The second kappa shape index (κ2) is 4.45. The zero-order valence-electron chi connectivity index (χ0n) is 8.51. The summed E-state index contributed by atoms with van der Waals surface area (Å²) in [5, 5.41) is 0. The Labute approximate surface area is 94.8 Å². The molecule has 0 atom stereocenters. The molecule has 0 saturated heterocycles. The second-order valence-electron chi connectivity index (χ2n) is 3.39. The van der Waals surface area contributed by atoms with Crippen LogP contribution in [0.15, 0.2) is 36.5 Å². The summed E-state index contributed by atoms with van der Waals surface area (Å²) >= 11 is 4.17. The van der Waals surface area contributed by atoms with Crippen LogP contribution in [0.25, 0.3) is 11.3 Å². The Morgan fingerprint density at radius 2 is 2.13 bits per heavy atom. The highest BCUT2D eigenvalue weighted by Crippen LogP contribution is 2.17. The summed E-state index contributed by atoms with van der Waals surface area (Å²) in [7, 11) is 0. The van der Waals surface area contributed by atoms with Crippen LogP contribution in [0.5, 0.6) is 0 Å². The van der Waals surface area contributed by atoms with Crippen LogP contribution in [0, 0.1) is 6.92 Å². The molecule has 0 aliphatic carbocycles. The number of aromatic nitrogens is 2. The van der Waals surface area contributed by atoms with Gasteiger partial charge in [0.1, 0.15) is 5.82 Å². The number of nitrogens with zero attached hydrogens (tertiary/aromatic N) is 2. The van der Waals surface area contributed by atoms with E-state index in [1.54, 1.807) is 6.20 Å². The van der Waals surface area contributed by atoms with Gasteiger partial charge in [-0.15, -0.1) is 0 Å². The number of benzene rings is 1. The van der Waals surface area contributed by atoms with Crippen molar-refractivity contribution in [2.24, 2.45) is 0 Å².